The Morgan fingerprint density at radius 1 is 1.34 bits per heavy atom. The number of cyclic esters (lactones) is 1. The van der Waals surface area contributed by atoms with Gasteiger partial charge in [0.25, 0.3) is 5.91 Å². The molecule has 0 saturated carbocycles. The summed E-state index contributed by atoms with van der Waals surface area (Å²) in [5, 5.41) is 8.86. The molecular weight excluding hydrogens is 437 g/mol. The zero-order chi connectivity index (χ0) is 22.0. The second-order valence-corrected chi connectivity index (χ2v) is 10.2. The van der Waals surface area contributed by atoms with Crippen molar-refractivity contribution in [3.8, 4) is 0 Å². The Balaban J connectivity index is 2.11. The molecule has 0 radical (unpaired) electrons. The van der Waals surface area contributed by atoms with Crippen LogP contribution in [-0.4, -0.2) is 61.2 Å². The van der Waals surface area contributed by atoms with Crippen LogP contribution in [0.5, 0.6) is 0 Å². The molecule has 1 saturated heterocycles. The lowest BCUT2D eigenvalue weighted by Crippen LogP contribution is -2.51. The number of carbonyl (C=O) groups is 2. The van der Waals surface area contributed by atoms with Crippen LogP contribution in [0.1, 0.15) is 13.3 Å². The molecule has 2 amide bonds. The van der Waals surface area contributed by atoms with Gasteiger partial charge in [-0.2, -0.15) is 13.2 Å². The lowest BCUT2D eigenvalue weighted by atomic mass is 10.0. The summed E-state index contributed by atoms with van der Waals surface area (Å²) in [6, 6.07) is 5.73. The monoisotopic (exact) mass is 456 g/mol. The van der Waals surface area contributed by atoms with Gasteiger partial charge < -0.3 is 4.74 Å². The number of benzene rings is 1. The molecule has 0 bridgehead atoms. The third kappa shape index (κ3) is 5.54. The van der Waals surface area contributed by atoms with Crippen molar-refractivity contribution in [1.82, 2.24) is 5.48 Å². The summed E-state index contributed by atoms with van der Waals surface area (Å²) in [6.07, 6.45) is -5.61. The van der Waals surface area contributed by atoms with Crippen LogP contribution in [0.25, 0.3) is 0 Å². The SMILES string of the molecule is C[C@@](C[C@H]1CN(c2ccc(SCC(F)(F)F)cc2)C(=O)O1)(C(=O)NO)S(C)(=O)=O. The van der Waals surface area contributed by atoms with E-state index in [2.05, 4.69) is 0 Å². The highest BCUT2D eigenvalue weighted by molar-refractivity contribution is 7.99. The number of carbonyl (C=O) groups excluding carboxylic acids is 2. The third-order valence-corrected chi connectivity index (χ3v) is 7.51. The van der Waals surface area contributed by atoms with Crippen molar-refractivity contribution in [3.63, 3.8) is 0 Å². The molecule has 1 aromatic rings. The van der Waals surface area contributed by atoms with E-state index in [1.54, 1.807) is 0 Å². The molecule has 1 heterocycles. The van der Waals surface area contributed by atoms with Gasteiger partial charge in [-0.05, 0) is 31.2 Å². The topological polar surface area (TPSA) is 113 Å². The quantitative estimate of drug-likeness (QED) is 0.368. The molecule has 0 unspecified atom stereocenters. The summed E-state index contributed by atoms with van der Waals surface area (Å²) >= 11 is 0.602. The van der Waals surface area contributed by atoms with Gasteiger partial charge in [0, 0.05) is 23.3 Å². The number of halogens is 3. The van der Waals surface area contributed by atoms with Crippen molar-refractivity contribution < 1.29 is 41.1 Å². The largest absolute Gasteiger partial charge is 0.444 e. The number of hydrogen-bond acceptors (Lipinski definition) is 7. The van der Waals surface area contributed by atoms with E-state index in [-0.39, 0.29) is 13.0 Å². The Bertz CT molecular complexity index is 876. The number of alkyl halides is 3. The number of nitrogens with zero attached hydrogens (tertiary/aromatic N) is 1. The molecule has 29 heavy (non-hydrogen) atoms. The number of sulfone groups is 1. The van der Waals surface area contributed by atoms with Gasteiger partial charge in [0.15, 0.2) is 14.6 Å². The number of thioether (sulfide) groups is 1. The summed E-state index contributed by atoms with van der Waals surface area (Å²) in [5.74, 6) is -2.20. The van der Waals surface area contributed by atoms with E-state index < -0.39 is 44.6 Å². The van der Waals surface area contributed by atoms with E-state index in [4.69, 9.17) is 9.94 Å². The normalized spacial score (nSPS) is 19.6. The number of ether oxygens (including phenoxy) is 1. The maximum absolute atomic E-state index is 12.3. The molecule has 1 aliphatic heterocycles. The van der Waals surface area contributed by atoms with Crippen molar-refractivity contribution in [1.29, 1.82) is 0 Å². The van der Waals surface area contributed by atoms with E-state index in [1.807, 2.05) is 0 Å². The predicted molar refractivity (Wildman–Crippen MR) is 98.6 cm³/mol. The van der Waals surface area contributed by atoms with Crippen molar-refractivity contribution in [3.05, 3.63) is 24.3 Å². The number of hydrogen-bond donors (Lipinski definition) is 2. The van der Waals surface area contributed by atoms with Gasteiger partial charge in [-0.15, -0.1) is 11.8 Å². The molecule has 0 spiro atoms. The maximum atomic E-state index is 12.3. The number of nitrogens with one attached hydrogen (secondary N) is 1. The molecule has 1 aromatic carbocycles. The minimum absolute atomic E-state index is 0.0717. The van der Waals surface area contributed by atoms with E-state index in [1.165, 1.54) is 34.6 Å². The second kappa shape index (κ2) is 8.40. The number of anilines is 1. The minimum Gasteiger partial charge on any atom is -0.444 e. The fourth-order valence-corrected chi connectivity index (χ4v) is 4.22. The van der Waals surface area contributed by atoms with E-state index in [0.717, 1.165) is 13.2 Å². The molecule has 0 aliphatic carbocycles. The smallest absolute Gasteiger partial charge is 0.414 e. The summed E-state index contributed by atoms with van der Waals surface area (Å²) < 4.78 is 64.0. The first-order valence-electron chi connectivity index (χ1n) is 8.19. The molecule has 2 N–H and O–H groups in total. The summed E-state index contributed by atoms with van der Waals surface area (Å²) in [6.45, 7) is 1.04. The molecule has 2 rings (SSSR count). The van der Waals surface area contributed by atoms with E-state index in [0.29, 0.717) is 22.3 Å². The van der Waals surface area contributed by atoms with Gasteiger partial charge in [0.05, 0.1) is 12.3 Å². The average Bonchev–Trinajstić information content (AvgIpc) is 2.98. The highest BCUT2D eigenvalue weighted by Gasteiger charge is 2.48. The van der Waals surface area contributed by atoms with Gasteiger partial charge in [0.2, 0.25) is 0 Å². The molecule has 1 aliphatic rings. The van der Waals surface area contributed by atoms with Crippen molar-refractivity contribution >= 4 is 39.3 Å². The van der Waals surface area contributed by atoms with Crippen LogP contribution < -0.4 is 10.4 Å². The molecule has 162 valence electrons. The average molecular weight is 456 g/mol. The van der Waals surface area contributed by atoms with Crippen LogP contribution >= 0.6 is 11.8 Å². The number of rotatable bonds is 7. The van der Waals surface area contributed by atoms with Crippen LogP contribution in [0.15, 0.2) is 29.2 Å². The van der Waals surface area contributed by atoms with Crippen LogP contribution in [0.4, 0.5) is 23.7 Å². The Labute approximate surface area is 169 Å². The highest BCUT2D eigenvalue weighted by atomic mass is 32.2. The molecule has 0 aromatic heterocycles. The Morgan fingerprint density at radius 3 is 2.41 bits per heavy atom. The molecular formula is C16H19F3N2O6S2. The van der Waals surface area contributed by atoms with Gasteiger partial charge >= 0.3 is 12.3 Å². The third-order valence-electron chi connectivity index (χ3n) is 4.44. The lowest BCUT2D eigenvalue weighted by molar-refractivity contribution is -0.132. The Morgan fingerprint density at radius 2 is 1.93 bits per heavy atom. The van der Waals surface area contributed by atoms with Crippen molar-refractivity contribution in [2.45, 2.75) is 35.3 Å². The van der Waals surface area contributed by atoms with Crippen LogP contribution in [0, 0.1) is 0 Å². The van der Waals surface area contributed by atoms with E-state index >= 15 is 0 Å². The Kier molecular flexibility index (Phi) is 6.75. The summed E-state index contributed by atoms with van der Waals surface area (Å²) in [7, 11) is -3.96. The predicted octanol–water partition coefficient (Wildman–Crippen LogP) is 2.37. The van der Waals surface area contributed by atoms with Gasteiger partial charge in [-0.3, -0.25) is 14.9 Å². The zero-order valence-electron chi connectivity index (χ0n) is 15.4. The zero-order valence-corrected chi connectivity index (χ0v) is 17.0. The van der Waals surface area contributed by atoms with Crippen LogP contribution in [-0.2, 0) is 19.4 Å². The minimum atomic E-state index is -4.30. The molecule has 8 nitrogen and oxygen atoms in total. The van der Waals surface area contributed by atoms with E-state index in [9.17, 15) is 31.2 Å². The summed E-state index contributed by atoms with van der Waals surface area (Å²) in [4.78, 5) is 25.6. The first kappa shape index (κ1) is 23.3. The molecule has 2 atom stereocenters. The van der Waals surface area contributed by atoms with Gasteiger partial charge in [0.1, 0.15) is 6.10 Å². The fourth-order valence-electron chi connectivity index (χ4n) is 2.69. The Hall–Kier alpha value is -1.99. The maximum Gasteiger partial charge on any atom is 0.414 e. The van der Waals surface area contributed by atoms with Gasteiger partial charge in [-0.1, -0.05) is 0 Å². The number of amides is 2. The highest BCUT2D eigenvalue weighted by Crippen LogP contribution is 2.32. The fraction of sp³-hybridized carbons (Fsp3) is 0.500. The first-order chi connectivity index (χ1) is 13.3. The number of hydroxylamine groups is 1. The van der Waals surface area contributed by atoms with Crippen molar-refractivity contribution in [2.75, 3.05) is 23.5 Å². The molecule has 1 fully saturated rings. The first-order valence-corrected chi connectivity index (χ1v) is 11.1. The second-order valence-electron chi connectivity index (χ2n) is 6.66. The molecule has 13 heteroatoms. The van der Waals surface area contributed by atoms with Crippen molar-refractivity contribution in [2.24, 2.45) is 0 Å². The van der Waals surface area contributed by atoms with Gasteiger partial charge in [-0.25, -0.2) is 18.7 Å². The lowest BCUT2D eigenvalue weighted by Gasteiger charge is -2.26. The van der Waals surface area contributed by atoms with Crippen LogP contribution in [0.3, 0.4) is 0 Å². The summed E-state index contributed by atoms with van der Waals surface area (Å²) in [5.41, 5.74) is 1.66. The standard InChI is InChI=1S/C16H19F3N2O6S2/c1-15(13(22)20-24,29(2,25)26)7-11-8-21(14(23)27-11)10-3-5-12(6-4-10)28-9-16(17,18)19/h3-6,11,24H,7-9H2,1-2H3,(H,20,22)/t11-,15+/m0/s1. The van der Waals surface area contributed by atoms with Crippen LogP contribution in [0.2, 0.25) is 0 Å².